The Morgan fingerprint density at radius 2 is 1.22 bits per heavy atom. The second-order valence-electron chi connectivity index (χ2n) is 17.7. The monoisotopic (exact) mass is 958 g/mol. The van der Waals surface area contributed by atoms with Gasteiger partial charge in [0.1, 0.15) is 42.6 Å². The van der Waals surface area contributed by atoms with Crippen LogP contribution in [-0.4, -0.2) is 166 Å². The number of nitrogens with two attached hydrogens (primary N) is 1. The van der Waals surface area contributed by atoms with E-state index in [-0.39, 0.29) is 30.8 Å². The maximum Gasteiger partial charge on any atom is 0.338 e. The molecule has 372 valence electrons. The van der Waals surface area contributed by atoms with Crippen molar-refractivity contribution in [2.75, 3.05) is 75.1 Å². The number of esters is 1. The van der Waals surface area contributed by atoms with Crippen LogP contribution in [0, 0.1) is 11.8 Å². The molecule has 3 aliphatic heterocycles. The number of methoxy groups -OCH3 is 2. The Labute approximate surface area is 399 Å². The van der Waals surface area contributed by atoms with E-state index < -0.39 is 72.8 Å². The lowest BCUT2D eigenvalue weighted by Gasteiger charge is -2.29. The number of allylic oxidation sites excluding steroid dienone is 2. The van der Waals surface area contributed by atoms with Crippen molar-refractivity contribution in [1.29, 1.82) is 0 Å². The van der Waals surface area contributed by atoms with Crippen LogP contribution in [-0.2, 0) is 33.4 Å². The number of benzene rings is 2. The first-order valence-corrected chi connectivity index (χ1v) is 22.7. The highest BCUT2D eigenvalue weighted by atomic mass is 35.5. The highest BCUT2D eigenvalue weighted by molar-refractivity contribution is 6.03. The number of aliphatic hydroxyl groups excluding tert-OH is 5. The normalized spacial score (nSPS) is 25.7. The van der Waals surface area contributed by atoms with Gasteiger partial charge in [-0.05, 0) is 61.8 Å². The Balaban J connectivity index is 0.000000241. The maximum absolute atomic E-state index is 13.0. The molecule has 2 aromatic rings. The summed E-state index contributed by atoms with van der Waals surface area (Å²) in [5.74, 6) is -0.876. The van der Waals surface area contributed by atoms with Crippen molar-refractivity contribution in [3.05, 3.63) is 72.8 Å². The van der Waals surface area contributed by atoms with Gasteiger partial charge in [-0.25, -0.2) is 4.79 Å². The number of carbonyl (C=O) groups excluding carboxylic acids is 4. The standard InChI is InChI=1S/C24H35N3O6.C13H20O5.C11H15N3O.ClH/c1-26-14-16(24(32)27(2)18-11-7-6-10-17(18)26)25-23(31)22(33-3)21(30)20(29)19(28)13-12-15-8-4-5-9-15;1-17-12-10(15)11(18-13(12)16)9(14)7-6-8-4-2-3-5-8;1-13-7-8(12)11(15)14(2)10-6-4-3-5-9(10)13;/h6-7,10-13,15-16,19-22,28-30H,4-5,8-9,14H2,1-3H3,(H,25,31);6-12,14-15H,2-5H2,1H3;3-6,8H,7,12H2,1-2H3;1H/b13-12+;7-6+;;/t16-,19+,20-,21+,22+;9-,10-,11+,12-;8-;/m010./s1. The number of nitrogens with one attached hydrogen (secondary N) is 1. The number of amides is 3. The number of anilines is 4. The van der Waals surface area contributed by atoms with Crippen LogP contribution in [0.1, 0.15) is 51.4 Å². The average Bonchev–Trinajstić information content (AvgIpc) is 4.09. The number of carbonyl (C=O) groups is 4. The van der Waals surface area contributed by atoms with Crippen molar-refractivity contribution in [1.82, 2.24) is 5.32 Å². The van der Waals surface area contributed by atoms with E-state index in [1.807, 2.05) is 84.6 Å². The third-order valence-corrected chi connectivity index (χ3v) is 13.0. The fourth-order valence-electron chi connectivity index (χ4n) is 9.08. The van der Waals surface area contributed by atoms with Gasteiger partial charge in [-0.2, -0.15) is 0 Å². The minimum absolute atomic E-state index is 0. The van der Waals surface area contributed by atoms with Gasteiger partial charge >= 0.3 is 5.97 Å². The van der Waals surface area contributed by atoms with Gasteiger partial charge in [0, 0.05) is 55.5 Å². The van der Waals surface area contributed by atoms with E-state index >= 15 is 0 Å². The number of likely N-dealkylation sites (N-methyl/N-ethyl adjacent to an activating group) is 4. The quantitative estimate of drug-likeness (QED) is 0.118. The molecule has 3 heterocycles. The summed E-state index contributed by atoms with van der Waals surface area (Å²) in [6.07, 6.45) is 5.78. The Morgan fingerprint density at radius 1 is 0.746 bits per heavy atom. The highest BCUT2D eigenvalue weighted by Crippen LogP contribution is 2.32. The second-order valence-corrected chi connectivity index (χ2v) is 17.7. The highest BCUT2D eigenvalue weighted by Gasteiger charge is 2.47. The lowest BCUT2D eigenvalue weighted by atomic mass is 9.99. The molecule has 0 bridgehead atoms. The fourth-order valence-corrected chi connectivity index (χ4v) is 9.08. The third-order valence-electron chi connectivity index (χ3n) is 13.0. The van der Waals surface area contributed by atoms with Gasteiger partial charge in [-0.3, -0.25) is 14.4 Å². The first-order valence-electron chi connectivity index (χ1n) is 22.7. The molecular weight excluding hydrogens is 888 g/mol. The summed E-state index contributed by atoms with van der Waals surface area (Å²) in [6.45, 7) is 0.772. The Hall–Kier alpha value is -4.63. The van der Waals surface area contributed by atoms with Crippen LogP contribution >= 0.6 is 12.4 Å². The molecule has 5 aliphatic rings. The number of nitrogens with zero attached hydrogens (tertiary/aromatic N) is 4. The zero-order chi connectivity index (χ0) is 48.2. The van der Waals surface area contributed by atoms with Gasteiger partial charge in [0.05, 0.1) is 22.7 Å². The lowest BCUT2D eigenvalue weighted by Crippen LogP contribution is -2.57. The summed E-state index contributed by atoms with van der Waals surface area (Å²) in [5.41, 5.74) is 9.33. The molecule has 0 radical (unpaired) electrons. The molecular formula is C48H71ClN6O12. The molecule has 2 saturated carbocycles. The maximum atomic E-state index is 13.0. The summed E-state index contributed by atoms with van der Waals surface area (Å²) in [5, 5.41) is 53.7. The van der Waals surface area contributed by atoms with Crippen LogP contribution in [0.4, 0.5) is 22.7 Å². The van der Waals surface area contributed by atoms with Crippen molar-refractivity contribution < 1.29 is 58.9 Å². The van der Waals surface area contributed by atoms with Gasteiger partial charge < -0.3 is 70.4 Å². The molecule has 10 atom stereocenters. The molecule has 8 N–H and O–H groups in total. The van der Waals surface area contributed by atoms with Crippen molar-refractivity contribution in [3.63, 3.8) is 0 Å². The first-order chi connectivity index (χ1) is 31.5. The second kappa shape index (κ2) is 25.7. The van der Waals surface area contributed by atoms with E-state index in [1.54, 1.807) is 25.1 Å². The Bertz CT molecular complexity index is 2000. The molecule has 0 unspecified atom stereocenters. The van der Waals surface area contributed by atoms with Crippen LogP contribution in [0.2, 0.25) is 0 Å². The number of halogens is 1. The van der Waals surface area contributed by atoms with Crippen LogP contribution in [0.25, 0.3) is 0 Å². The number of hydrogen-bond donors (Lipinski definition) is 7. The van der Waals surface area contributed by atoms with Crippen molar-refractivity contribution in [2.24, 2.45) is 17.6 Å². The zero-order valence-corrected chi connectivity index (χ0v) is 40.1. The van der Waals surface area contributed by atoms with Crippen LogP contribution in [0.3, 0.4) is 0 Å². The Morgan fingerprint density at radius 3 is 1.72 bits per heavy atom. The van der Waals surface area contributed by atoms with Gasteiger partial charge in [0.2, 0.25) is 5.91 Å². The van der Waals surface area contributed by atoms with Gasteiger partial charge in [0.25, 0.3) is 11.8 Å². The number of aliphatic hydroxyl groups is 5. The molecule has 7 rings (SSSR count). The molecule has 2 aliphatic carbocycles. The summed E-state index contributed by atoms with van der Waals surface area (Å²) in [7, 11) is 9.73. The number of hydrogen-bond acceptors (Lipinski definition) is 15. The predicted octanol–water partition coefficient (Wildman–Crippen LogP) is 1.67. The summed E-state index contributed by atoms with van der Waals surface area (Å²) >= 11 is 0. The predicted molar refractivity (Wildman–Crippen MR) is 257 cm³/mol. The number of cyclic esters (lactones) is 1. The molecule has 0 spiro atoms. The van der Waals surface area contributed by atoms with Gasteiger partial charge in [-0.15, -0.1) is 12.4 Å². The molecule has 18 nitrogen and oxygen atoms in total. The summed E-state index contributed by atoms with van der Waals surface area (Å²) in [6, 6.07) is 13.9. The van der Waals surface area contributed by atoms with E-state index in [9.17, 15) is 44.7 Å². The summed E-state index contributed by atoms with van der Waals surface area (Å²) < 4.78 is 14.9. The lowest BCUT2D eigenvalue weighted by molar-refractivity contribution is -0.151. The average molecular weight is 960 g/mol. The molecule has 19 heteroatoms. The van der Waals surface area contributed by atoms with Crippen LogP contribution < -0.4 is 30.7 Å². The molecule has 3 fully saturated rings. The third kappa shape index (κ3) is 13.8. The first kappa shape index (κ1) is 55.0. The van der Waals surface area contributed by atoms with E-state index in [0.29, 0.717) is 18.4 Å². The molecule has 67 heavy (non-hydrogen) atoms. The molecule has 1 saturated heterocycles. The topological polar surface area (TPSA) is 248 Å². The molecule has 0 aromatic heterocycles. The molecule has 2 aromatic carbocycles. The summed E-state index contributed by atoms with van der Waals surface area (Å²) in [4.78, 5) is 56.1. The molecule has 3 amide bonds. The fraction of sp³-hybridized carbons (Fsp3) is 0.583. The SMILES string of the molecule is CN1C[C@H](N)C(=O)N(C)c2ccccc21.CO[C@@H](C(=O)N[C@H]1CN(C)c2ccccc2N(C)C1=O)[C@H](O)[C@@H](O)[C@H](O)/C=C/C1CCCC1.CO[C@H]1C(=O)O[C@@H]([C@H](O)/C=C/C2CCCC2)[C@H]1O.Cl. The van der Waals surface area contributed by atoms with Gasteiger partial charge in [-0.1, -0.05) is 74.3 Å². The Kier molecular flexibility index (Phi) is 21.0. The van der Waals surface area contributed by atoms with Crippen molar-refractivity contribution in [2.45, 2.75) is 112 Å². The van der Waals surface area contributed by atoms with E-state index in [4.69, 9.17) is 19.9 Å². The smallest absolute Gasteiger partial charge is 0.338 e. The largest absolute Gasteiger partial charge is 0.454 e. The van der Waals surface area contributed by atoms with Crippen LogP contribution in [0.5, 0.6) is 0 Å². The van der Waals surface area contributed by atoms with Crippen molar-refractivity contribution in [3.8, 4) is 0 Å². The van der Waals surface area contributed by atoms with E-state index in [0.717, 1.165) is 61.3 Å². The van der Waals surface area contributed by atoms with Crippen molar-refractivity contribution >= 4 is 58.8 Å². The van der Waals surface area contributed by atoms with Crippen LogP contribution in [0.15, 0.2) is 72.8 Å². The van der Waals surface area contributed by atoms with E-state index in [1.165, 1.54) is 38.0 Å². The minimum Gasteiger partial charge on any atom is -0.454 e. The number of para-hydroxylation sites is 4. The zero-order valence-electron chi connectivity index (χ0n) is 39.3. The van der Waals surface area contributed by atoms with Gasteiger partial charge in [0.15, 0.2) is 18.3 Å². The minimum atomic E-state index is -1.69. The van der Waals surface area contributed by atoms with E-state index in [2.05, 4.69) is 5.32 Å². The number of rotatable bonds is 12. The number of ether oxygens (including phenoxy) is 3. The number of fused-ring (bicyclic) bond motifs is 2.